The van der Waals surface area contributed by atoms with E-state index in [9.17, 15) is 4.79 Å². The summed E-state index contributed by atoms with van der Waals surface area (Å²) < 4.78 is 0. The molecule has 1 heterocycles. The molecule has 1 aromatic rings. The molecule has 2 rings (SSSR count). The third-order valence-corrected chi connectivity index (χ3v) is 4.00. The van der Waals surface area contributed by atoms with E-state index in [1.54, 1.807) is 6.08 Å². The van der Waals surface area contributed by atoms with Gasteiger partial charge in [-0.25, -0.2) is 0 Å². The molecule has 1 aliphatic rings. The number of quaternary nitrogens is 1. The summed E-state index contributed by atoms with van der Waals surface area (Å²) in [4.78, 5) is 15.4. The van der Waals surface area contributed by atoms with Crippen molar-refractivity contribution in [1.29, 1.82) is 0 Å². The first kappa shape index (κ1) is 15.7. The van der Waals surface area contributed by atoms with Crippen LogP contribution in [0, 0.1) is 6.92 Å². The Bertz CT molecular complexity index is 531. The summed E-state index contributed by atoms with van der Waals surface area (Å²) in [7, 11) is 2.17. The van der Waals surface area contributed by atoms with E-state index in [1.807, 2.05) is 31.2 Å². The molecule has 0 saturated carbocycles. The molecule has 21 heavy (non-hydrogen) atoms. The Morgan fingerprint density at radius 3 is 2.52 bits per heavy atom. The Morgan fingerprint density at radius 1 is 1.29 bits per heavy atom. The lowest BCUT2D eigenvalue weighted by atomic mass is 10.1. The van der Waals surface area contributed by atoms with E-state index < -0.39 is 0 Å². The Balaban J connectivity index is 1.83. The van der Waals surface area contributed by atoms with Crippen LogP contribution in [0.5, 0.6) is 0 Å². The summed E-state index contributed by atoms with van der Waals surface area (Å²) in [6.07, 6.45) is 3.32. The van der Waals surface area contributed by atoms with Crippen molar-refractivity contribution >= 4 is 29.3 Å². The van der Waals surface area contributed by atoms with Crippen LogP contribution in [0.4, 0.5) is 0 Å². The van der Waals surface area contributed by atoms with Gasteiger partial charge >= 0.3 is 0 Å². The molecule has 0 spiro atoms. The highest BCUT2D eigenvalue weighted by molar-refractivity contribution is 7.80. The Kier molecular flexibility index (Phi) is 5.47. The topological polar surface area (TPSA) is 36.8 Å². The highest BCUT2D eigenvalue weighted by atomic mass is 32.1. The summed E-state index contributed by atoms with van der Waals surface area (Å²) in [5, 5.41) is 3.30. The van der Waals surface area contributed by atoms with E-state index in [-0.39, 0.29) is 5.91 Å². The lowest BCUT2D eigenvalue weighted by molar-refractivity contribution is -0.883. The maximum absolute atomic E-state index is 11.9. The summed E-state index contributed by atoms with van der Waals surface area (Å²) in [6.45, 7) is 5.93. The van der Waals surface area contributed by atoms with Crippen LogP contribution in [0.25, 0.3) is 6.08 Å². The molecule has 4 nitrogen and oxygen atoms in total. The molecule has 0 aliphatic carbocycles. The highest BCUT2D eigenvalue weighted by Crippen LogP contribution is 2.04. The molecule has 0 unspecified atom stereocenters. The molecule has 0 atom stereocenters. The van der Waals surface area contributed by atoms with E-state index in [4.69, 9.17) is 12.2 Å². The lowest BCUT2D eigenvalue weighted by Crippen LogP contribution is -3.12. The van der Waals surface area contributed by atoms with Crippen molar-refractivity contribution in [2.75, 3.05) is 33.2 Å². The third kappa shape index (κ3) is 4.95. The predicted octanol–water partition coefficient (Wildman–Crippen LogP) is 0.240. The van der Waals surface area contributed by atoms with Gasteiger partial charge in [0.05, 0.1) is 33.2 Å². The number of hydrogen-bond donors (Lipinski definition) is 2. The number of benzene rings is 1. The van der Waals surface area contributed by atoms with Crippen LogP contribution >= 0.6 is 12.2 Å². The molecule has 0 aromatic heterocycles. The molecule has 1 amide bonds. The van der Waals surface area contributed by atoms with Gasteiger partial charge in [-0.05, 0) is 30.8 Å². The number of carbonyl (C=O) groups is 1. The van der Waals surface area contributed by atoms with E-state index in [0.717, 1.165) is 31.7 Å². The number of nitrogens with one attached hydrogen (secondary N) is 2. The zero-order chi connectivity index (χ0) is 15.2. The average molecular weight is 304 g/mol. The van der Waals surface area contributed by atoms with Crippen molar-refractivity contribution in [3.63, 3.8) is 0 Å². The zero-order valence-electron chi connectivity index (χ0n) is 12.6. The SMILES string of the molecule is Cc1ccc(/C=C/C(=O)NC(=S)N2CC[NH+](C)CC2)cc1. The molecule has 0 radical (unpaired) electrons. The summed E-state index contributed by atoms with van der Waals surface area (Å²) in [6, 6.07) is 8.02. The molecule has 112 valence electrons. The Labute approximate surface area is 131 Å². The highest BCUT2D eigenvalue weighted by Gasteiger charge is 2.19. The van der Waals surface area contributed by atoms with Gasteiger partial charge in [0.15, 0.2) is 5.11 Å². The van der Waals surface area contributed by atoms with Crippen LogP contribution in [0.3, 0.4) is 0 Å². The number of piperazine rings is 1. The van der Waals surface area contributed by atoms with Gasteiger partial charge in [-0.15, -0.1) is 0 Å². The van der Waals surface area contributed by atoms with Crippen molar-refractivity contribution < 1.29 is 9.69 Å². The number of nitrogens with zero attached hydrogens (tertiary/aromatic N) is 1. The van der Waals surface area contributed by atoms with E-state index in [0.29, 0.717) is 5.11 Å². The van der Waals surface area contributed by atoms with Crippen molar-refractivity contribution in [2.24, 2.45) is 0 Å². The molecule has 1 fully saturated rings. The first-order valence-corrected chi connectivity index (χ1v) is 7.61. The Hall–Kier alpha value is -1.72. The molecule has 1 saturated heterocycles. The normalized spacial score (nSPS) is 16.2. The van der Waals surface area contributed by atoms with E-state index >= 15 is 0 Å². The largest absolute Gasteiger partial charge is 0.338 e. The molecular formula is C16H22N3OS+. The van der Waals surface area contributed by atoms with Crippen molar-refractivity contribution in [1.82, 2.24) is 10.2 Å². The number of thiocarbonyl (C=S) groups is 1. The fraction of sp³-hybridized carbons (Fsp3) is 0.375. The second kappa shape index (κ2) is 7.33. The van der Waals surface area contributed by atoms with Crippen LogP contribution in [-0.2, 0) is 4.79 Å². The number of amides is 1. The van der Waals surface area contributed by atoms with Crippen LogP contribution in [-0.4, -0.2) is 49.1 Å². The zero-order valence-corrected chi connectivity index (χ0v) is 13.4. The number of likely N-dealkylation sites (N-methyl/N-ethyl adjacent to an activating group) is 1. The minimum atomic E-state index is -0.174. The maximum Gasteiger partial charge on any atom is 0.250 e. The van der Waals surface area contributed by atoms with Gasteiger partial charge in [0.2, 0.25) is 5.91 Å². The van der Waals surface area contributed by atoms with Crippen molar-refractivity contribution in [3.8, 4) is 0 Å². The van der Waals surface area contributed by atoms with Gasteiger partial charge in [0.1, 0.15) is 0 Å². The van der Waals surface area contributed by atoms with Crippen molar-refractivity contribution in [2.45, 2.75) is 6.92 Å². The van der Waals surface area contributed by atoms with Crippen LogP contribution in [0.15, 0.2) is 30.3 Å². The maximum atomic E-state index is 11.9. The molecular weight excluding hydrogens is 282 g/mol. The average Bonchev–Trinajstić information content (AvgIpc) is 2.47. The van der Waals surface area contributed by atoms with Crippen molar-refractivity contribution in [3.05, 3.63) is 41.5 Å². The van der Waals surface area contributed by atoms with Crippen LogP contribution in [0.1, 0.15) is 11.1 Å². The second-order valence-electron chi connectivity index (χ2n) is 5.48. The van der Waals surface area contributed by atoms with E-state index in [1.165, 1.54) is 16.5 Å². The predicted molar refractivity (Wildman–Crippen MR) is 89.1 cm³/mol. The second-order valence-corrected chi connectivity index (χ2v) is 5.87. The third-order valence-electron chi connectivity index (χ3n) is 3.64. The summed E-state index contributed by atoms with van der Waals surface area (Å²) in [5.74, 6) is -0.174. The number of carbonyl (C=O) groups excluding carboxylic acids is 1. The van der Waals surface area contributed by atoms with Gasteiger partial charge in [-0.3, -0.25) is 10.1 Å². The lowest BCUT2D eigenvalue weighted by Gasteiger charge is -2.31. The Morgan fingerprint density at radius 2 is 1.90 bits per heavy atom. The summed E-state index contributed by atoms with van der Waals surface area (Å²) >= 11 is 5.29. The fourth-order valence-corrected chi connectivity index (χ4v) is 2.45. The first-order valence-electron chi connectivity index (χ1n) is 7.20. The molecule has 5 heteroatoms. The van der Waals surface area contributed by atoms with Gasteiger partial charge in [0, 0.05) is 6.08 Å². The standard InChI is InChI=1S/C16H21N3OS/c1-13-3-5-14(6-4-13)7-8-15(20)17-16(21)19-11-9-18(2)10-12-19/h3-8H,9-12H2,1-2H3,(H,17,20,21)/p+1/b8-7+. The smallest absolute Gasteiger partial charge is 0.250 e. The fourth-order valence-electron chi connectivity index (χ4n) is 2.17. The number of aryl methyl sites for hydroxylation is 1. The molecule has 1 aromatic carbocycles. The minimum absolute atomic E-state index is 0.174. The summed E-state index contributed by atoms with van der Waals surface area (Å²) in [5.41, 5.74) is 2.21. The molecule has 2 N–H and O–H groups in total. The van der Waals surface area contributed by atoms with Gasteiger partial charge in [-0.1, -0.05) is 29.8 Å². The van der Waals surface area contributed by atoms with Crippen LogP contribution in [0.2, 0.25) is 0 Å². The minimum Gasteiger partial charge on any atom is -0.338 e. The van der Waals surface area contributed by atoms with Gasteiger partial charge in [-0.2, -0.15) is 0 Å². The monoisotopic (exact) mass is 304 g/mol. The molecule has 0 bridgehead atoms. The van der Waals surface area contributed by atoms with Gasteiger partial charge < -0.3 is 9.80 Å². The van der Waals surface area contributed by atoms with Gasteiger partial charge in [0.25, 0.3) is 0 Å². The first-order chi connectivity index (χ1) is 10.0. The number of hydrogen-bond acceptors (Lipinski definition) is 2. The number of rotatable bonds is 2. The quantitative estimate of drug-likeness (QED) is 0.607. The van der Waals surface area contributed by atoms with Crippen LogP contribution < -0.4 is 10.2 Å². The molecule has 1 aliphatic heterocycles. The van der Waals surface area contributed by atoms with E-state index in [2.05, 4.69) is 17.3 Å².